The average Bonchev–Trinajstić information content (AvgIpc) is 2.25. The summed E-state index contributed by atoms with van der Waals surface area (Å²) in [6.07, 6.45) is 1.07. The highest BCUT2D eigenvalue weighted by atomic mass is 32.2. The summed E-state index contributed by atoms with van der Waals surface area (Å²) in [5, 5.41) is 0. The summed E-state index contributed by atoms with van der Waals surface area (Å²) in [5.41, 5.74) is 0.811. The van der Waals surface area contributed by atoms with Crippen molar-refractivity contribution in [2.45, 2.75) is 6.42 Å². The number of hydrogen-bond acceptors (Lipinski definition) is 3. The Kier molecular flexibility index (Phi) is 5.80. The first-order chi connectivity index (χ1) is 6.84. The van der Waals surface area contributed by atoms with E-state index in [4.69, 9.17) is 0 Å². The van der Waals surface area contributed by atoms with E-state index in [0.717, 1.165) is 23.5 Å². The Balaban J connectivity index is 2.29. The molecule has 0 radical (unpaired) electrons. The number of thioether (sulfide) groups is 1. The van der Waals surface area contributed by atoms with Gasteiger partial charge in [-0.2, -0.15) is 24.4 Å². The van der Waals surface area contributed by atoms with E-state index < -0.39 is 0 Å². The van der Waals surface area contributed by atoms with E-state index in [2.05, 4.69) is 12.6 Å². The molecular formula is C11H14OS2. The van der Waals surface area contributed by atoms with Gasteiger partial charge in [0.15, 0.2) is 5.78 Å². The van der Waals surface area contributed by atoms with E-state index in [9.17, 15) is 4.79 Å². The maximum absolute atomic E-state index is 11.6. The van der Waals surface area contributed by atoms with Crippen molar-refractivity contribution in [3.63, 3.8) is 0 Å². The Morgan fingerprint density at radius 2 is 2.00 bits per heavy atom. The minimum atomic E-state index is 0.217. The van der Waals surface area contributed by atoms with Crippen LogP contribution in [0.15, 0.2) is 30.3 Å². The first-order valence-electron chi connectivity index (χ1n) is 4.61. The van der Waals surface area contributed by atoms with Crippen molar-refractivity contribution >= 4 is 30.2 Å². The molecule has 0 N–H and O–H groups in total. The molecule has 1 aromatic carbocycles. The maximum atomic E-state index is 11.6. The summed E-state index contributed by atoms with van der Waals surface area (Å²) in [5.74, 6) is 2.71. The van der Waals surface area contributed by atoms with Gasteiger partial charge in [-0.05, 0) is 17.9 Å². The summed E-state index contributed by atoms with van der Waals surface area (Å²) in [6, 6.07) is 9.44. The average molecular weight is 226 g/mol. The fraction of sp³-hybridized carbons (Fsp3) is 0.364. The van der Waals surface area contributed by atoms with Crippen LogP contribution in [0.2, 0.25) is 0 Å². The number of hydrogen-bond donors (Lipinski definition) is 1. The van der Waals surface area contributed by atoms with E-state index in [1.54, 1.807) is 11.8 Å². The van der Waals surface area contributed by atoms with Crippen molar-refractivity contribution in [3.8, 4) is 0 Å². The molecule has 0 atom stereocenters. The van der Waals surface area contributed by atoms with Crippen LogP contribution in [0.3, 0.4) is 0 Å². The third-order valence-electron chi connectivity index (χ3n) is 1.78. The number of Topliss-reactive ketones (excluding diaryl/α,β-unsaturated/α-hetero) is 1. The predicted octanol–water partition coefficient (Wildman–Crippen LogP) is 2.92. The molecule has 0 fully saturated rings. The quantitative estimate of drug-likeness (QED) is 0.456. The number of carbonyl (C=O) groups is 1. The van der Waals surface area contributed by atoms with Gasteiger partial charge in [0.05, 0.1) is 5.75 Å². The molecule has 0 aliphatic rings. The zero-order chi connectivity index (χ0) is 10.2. The molecule has 0 bridgehead atoms. The smallest absolute Gasteiger partial charge is 0.172 e. The van der Waals surface area contributed by atoms with Crippen molar-refractivity contribution in [3.05, 3.63) is 35.9 Å². The Morgan fingerprint density at radius 3 is 2.64 bits per heavy atom. The summed E-state index contributed by atoms with van der Waals surface area (Å²) >= 11 is 5.80. The Hall–Kier alpha value is -0.410. The minimum Gasteiger partial charge on any atom is -0.293 e. The van der Waals surface area contributed by atoms with Crippen LogP contribution in [0.1, 0.15) is 16.8 Å². The first kappa shape index (κ1) is 11.7. The van der Waals surface area contributed by atoms with Gasteiger partial charge in [0.25, 0.3) is 0 Å². The zero-order valence-electron chi connectivity index (χ0n) is 7.98. The van der Waals surface area contributed by atoms with Gasteiger partial charge in [0.1, 0.15) is 0 Å². The highest BCUT2D eigenvalue weighted by Crippen LogP contribution is 2.08. The third-order valence-corrected chi connectivity index (χ3v) is 3.14. The van der Waals surface area contributed by atoms with Crippen molar-refractivity contribution < 1.29 is 4.79 Å². The lowest BCUT2D eigenvalue weighted by Crippen LogP contribution is -2.02. The molecule has 0 saturated carbocycles. The minimum absolute atomic E-state index is 0.217. The Bertz CT molecular complexity index is 272. The molecule has 1 nitrogen and oxygen atoms in total. The number of rotatable bonds is 6. The molecule has 1 rings (SSSR count). The number of benzene rings is 1. The lowest BCUT2D eigenvalue weighted by atomic mass is 10.2. The molecular weight excluding hydrogens is 212 g/mol. The largest absolute Gasteiger partial charge is 0.293 e. The van der Waals surface area contributed by atoms with E-state index in [-0.39, 0.29) is 5.78 Å². The molecule has 0 unspecified atom stereocenters. The van der Waals surface area contributed by atoms with Crippen LogP contribution in [0.25, 0.3) is 0 Å². The van der Waals surface area contributed by atoms with Crippen molar-refractivity contribution in [2.24, 2.45) is 0 Å². The molecule has 0 aromatic heterocycles. The van der Waals surface area contributed by atoms with Gasteiger partial charge >= 0.3 is 0 Å². The fourth-order valence-electron chi connectivity index (χ4n) is 1.04. The summed E-state index contributed by atoms with van der Waals surface area (Å²) in [6.45, 7) is 0. The summed E-state index contributed by atoms with van der Waals surface area (Å²) < 4.78 is 0. The molecule has 14 heavy (non-hydrogen) atoms. The number of carbonyl (C=O) groups excluding carboxylic acids is 1. The van der Waals surface area contributed by atoms with Crippen LogP contribution >= 0.6 is 24.4 Å². The molecule has 0 heterocycles. The fourth-order valence-corrected chi connectivity index (χ4v) is 2.26. The molecule has 0 aliphatic heterocycles. The van der Waals surface area contributed by atoms with Gasteiger partial charge in [-0.15, -0.1) is 0 Å². The van der Waals surface area contributed by atoms with E-state index in [1.165, 1.54) is 0 Å². The lowest BCUT2D eigenvalue weighted by Gasteiger charge is -2.00. The van der Waals surface area contributed by atoms with E-state index >= 15 is 0 Å². The Labute approximate surface area is 94.7 Å². The van der Waals surface area contributed by atoms with Crippen LogP contribution in [-0.2, 0) is 0 Å². The zero-order valence-corrected chi connectivity index (χ0v) is 9.69. The van der Waals surface area contributed by atoms with Crippen LogP contribution < -0.4 is 0 Å². The predicted molar refractivity (Wildman–Crippen MR) is 66.6 cm³/mol. The van der Waals surface area contributed by atoms with Gasteiger partial charge < -0.3 is 0 Å². The second kappa shape index (κ2) is 6.96. The van der Waals surface area contributed by atoms with E-state index in [1.807, 2.05) is 30.3 Å². The van der Waals surface area contributed by atoms with Crippen molar-refractivity contribution in [2.75, 3.05) is 17.3 Å². The topological polar surface area (TPSA) is 17.1 Å². The summed E-state index contributed by atoms with van der Waals surface area (Å²) in [4.78, 5) is 11.6. The molecule has 3 heteroatoms. The Morgan fingerprint density at radius 1 is 1.29 bits per heavy atom. The first-order valence-corrected chi connectivity index (χ1v) is 6.40. The van der Waals surface area contributed by atoms with Gasteiger partial charge in [-0.3, -0.25) is 4.79 Å². The van der Waals surface area contributed by atoms with Gasteiger partial charge in [0, 0.05) is 5.56 Å². The molecule has 0 saturated heterocycles. The molecule has 0 spiro atoms. The van der Waals surface area contributed by atoms with Crippen LogP contribution in [0, 0.1) is 0 Å². The number of thiol groups is 1. The van der Waals surface area contributed by atoms with Crippen molar-refractivity contribution in [1.29, 1.82) is 0 Å². The van der Waals surface area contributed by atoms with Crippen LogP contribution in [0.4, 0.5) is 0 Å². The molecule has 0 amide bonds. The van der Waals surface area contributed by atoms with E-state index in [0.29, 0.717) is 5.75 Å². The number of ketones is 1. The highest BCUT2D eigenvalue weighted by Gasteiger charge is 2.03. The molecule has 76 valence electrons. The van der Waals surface area contributed by atoms with Gasteiger partial charge in [0.2, 0.25) is 0 Å². The van der Waals surface area contributed by atoms with Gasteiger partial charge in [-0.1, -0.05) is 30.3 Å². The third kappa shape index (κ3) is 4.20. The monoisotopic (exact) mass is 226 g/mol. The van der Waals surface area contributed by atoms with Gasteiger partial charge in [-0.25, -0.2) is 0 Å². The molecule has 1 aromatic rings. The van der Waals surface area contributed by atoms with Crippen LogP contribution in [-0.4, -0.2) is 23.0 Å². The van der Waals surface area contributed by atoms with Crippen molar-refractivity contribution in [1.82, 2.24) is 0 Å². The SMILES string of the molecule is O=C(CSCCCS)c1ccccc1. The summed E-state index contributed by atoms with van der Waals surface area (Å²) in [7, 11) is 0. The lowest BCUT2D eigenvalue weighted by molar-refractivity contribution is 0.102. The molecule has 0 aliphatic carbocycles. The second-order valence-electron chi connectivity index (χ2n) is 2.92. The highest BCUT2D eigenvalue weighted by molar-refractivity contribution is 8.00. The second-order valence-corrected chi connectivity index (χ2v) is 4.47. The standard InChI is InChI=1S/C11H14OS2/c12-11(9-14-8-4-7-13)10-5-2-1-3-6-10/h1-3,5-6,13H,4,7-9H2. The van der Waals surface area contributed by atoms with Crippen LogP contribution in [0.5, 0.6) is 0 Å². The normalized spacial score (nSPS) is 10.1. The maximum Gasteiger partial charge on any atom is 0.172 e.